The quantitative estimate of drug-likeness (QED) is 0.169. The van der Waals surface area contributed by atoms with Crippen LogP contribution in [0.4, 0.5) is 5.69 Å². The average Bonchev–Trinajstić information content (AvgIpc) is 3.16. The van der Waals surface area contributed by atoms with Crippen LogP contribution in [-0.2, 0) is 0 Å². The van der Waals surface area contributed by atoms with E-state index in [-0.39, 0.29) is 11.6 Å². The molecule has 8 nitrogen and oxygen atoms in total. The number of benzene rings is 3. The van der Waals surface area contributed by atoms with E-state index in [9.17, 15) is 14.9 Å². The third kappa shape index (κ3) is 5.21. The van der Waals surface area contributed by atoms with Crippen molar-refractivity contribution in [3.63, 3.8) is 0 Å². The van der Waals surface area contributed by atoms with Crippen LogP contribution in [0.1, 0.15) is 27.3 Å². The number of aromatic nitrogens is 1. The molecule has 0 aliphatic carbocycles. The third-order valence-electron chi connectivity index (χ3n) is 5.78. The Hall–Kier alpha value is -4.24. The van der Waals surface area contributed by atoms with Crippen LogP contribution >= 0.6 is 15.9 Å². The Kier molecular flexibility index (Phi) is 7.30. The molecular weight excluding hydrogens is 524 g/mol. The molecule has 0 spiro atoms. The van der Waals surface area contributed by atoms with E-state index in [1.54, 1.807) is 36.5 Å². The number of nitrogens with one attached hydrogen (secondary N) is 1. The zero-order valence-corrected chi connectivity index (χ0v) is 21.4. The highest BCUT2D eigenvalue weighted by atomic mass is 79.9. The summed E-state index contributed by atoms with van der Waals surface area (Å²) >= 11 is 3.37. The van der Waals surface area contributed by atoms with Crippen LogP contribution < -0.4 is 10.2 Å². The number of carbonyl (C=O) groups excluding carboxylic acids is 1. The van der Waals surface area contributed by atoms with E-state index in [4.69, 9.17) is 4.74 Å². The van der Waals surface area contributed by atoms with E-state index in [1.807, 2.05) is 44.2 Å². The average molecular weight is 547 g/mol. The first-order chi connectivity index (χ1) is 17.3. The van der Waals surface area contributed by atoms with Crippen LogP contribution in [0.3, 0.4) is 0 Å². The highest BCUT2D eigenvalue weighted by molar-refractivity contribution is 9.10. The molecule has 9 heteroatoms. The number of hydrogen-bond acceptors (Lipinski definition) is 5. The summed E-state index contributed by atoms with van der Waals surface area (Å²) in [6.07, 6.45) is 1.62. The first-order valence-electron chi connectivity index (χ1n) is 11.0. The Morgan fingerprint density at radius 1 is 1.03 bits per heavy atom. The molecule has 0 saturated heterocycles. The summed E-state index contributed by atoms with van der Waals surface area (Å²) in [6.45, 7) is 3.98. The number of carbonyl (C=O) groups is 1. The van der Waals surface area contributed by atoms with Crippen LogP contribution in [0, 0.1) is 24.0 Å². The van der Waals surface area contributed by atoms with Gasteiger partial charge < -0.3 is 9.30 Å². The van der Waals surface area contributed by atoms with Crippen molar-refractivity contribution >= 4 is 33.7 Å². The first-order valence-corrected chi connectivity index (χ1v) is 11.8. The van der Waals surface area contributed by atoms with Gasteiger partial charge in [-0.2, -0.15) is 5.10 Å². The molecule has 36 heavy (non-hydrogen) atoms. The number of nitrogens with zero attached hydrogens (tertiary/aromatic N) is 3. The molecule has 0 atom stereocenters. The number of nitro groups is 1. The van der Waals surface area contributed by atoms with Gasteiger partial charge in [-0.25, -0.2) is 5.43 Å². The van der Waals surface area contributed by atoms with Crippen LogP contribution in [0.2, 0.25) is 0 Å². The monoisotopic (exact) mass is 546 g/mol. The van der Waals surface area contributed by atoms with Gasteiger partial charge in [0.25, 0.3) is 11.6 Å². The van der Waals surface area contributed by atoms with Gasteiger partial charge in [0.2, 0.25) is 0 Å². The first kappa shape index (κ1) is 24.9. The number of methoxy groups -OCH3 is 1. The van der Waals surface area contributed by atoms with Gasteiger partial charge in [-0.05, 0) is 73.5 Å². The molecule has 3 aromatic carbocycles. The molecule has 0 aliphatic heterocycles. The molecule has 0 bridgehead atoms. The fraction of sp³-hybridized carbons (Fsp3) is 0.111. The van der Waals surface area contributed by atoms with Crippen molar-refractivity contribution in [3.05, 3.63) is 110 Å². The number of hydrogen-bond donors (Lipinski definition) is 1. The van der Waals surface area contributed by atoms with E-state index in [2.05, 4.69) is 31.0 Å². The molecule has 4 aromatic rings. The fourth-order valence-corrected chi connectivity index (χ4v) is 4.33. The molecule has 0 unspecified atom stereocenters. The predicted molar refractivity (Wildman–Crippen MR) is 143 cm³/mol. The Morgan fingerprint density at radius 2 is 1.67 bits per heavy atom. The van der Waals surface area contributed by atoms with Crippen molar-refractivity contribution < 1.29 is 14.5 Å². The van der Waals surface area contributed by atoms with Crippen molar-refractivity contribution in [1.82, 2.24) is 9.99 Å². The van der Waals surface area contributed by atoms with Crippen molar-refractivity contribution in [2.24, 2.45) is 5.10 Å². The maximum absolute atomic E-state index is 12.6. The van der Waals surface area contributed by atoms with E-state index in [1.165, 1.54) is 19.2 Å². The van der Waals surface area contributed by atoms with Crippen LogP contribution in [0.15, 0.2) is 82.4 Å². The molecule has 0 radical (unpaired) electrons. The summed E-state index contributed by atoms with van der Waals surface area (Å²) < 4.78 is 8.12. The lowest BCUT2D eigenvalue weighted by atomic mass is 10.0. The van der Waals surface area contributed by atoms with Gasteiger partial charge in [0.1, 0.15) is 5.75 Å². The minimum Gasteiger partial charge on any atom is -0.496 e. The molecule has 0 aliphatic rings. The molecule has 0 fully saturated rings. The summed E-state index contributed by atoms with van der Waals surface area (Å²) in [4.78, 5) is 23.1. The number of halogens is 1. The number of hydrazone groups is 1. The van der Waals surface area contributed by atoms with E-state index >= 15 is 0 Å². The maximum Gasteiger partial charge on any atom is 0.275 e. The SMILES string of the molecule is COc1ccc(Br)cc1C(=O)N/N=C\c1cc(C)n(-c2ccc(-c3ccc([N+](=O)[O-])cc3)cc2)c1C. The molecular formula is C27H23BrN4O4. The van der Waals surface area contributed by atoms with Crippen molar-refractivity contribution in [2.45, 2.75) is 13.8 Å². The Morgan fingerprint density at radius 3 is 2.28 bits per heavy atom. The predicted octanol–water partition coefficient (Wildman–Crippen LogP) is 6.20. The standard InChI is InChI=1S/C27H23BrN4O4/c1-17-14-21(16-29-30-27(33)25-15-22(28)8-13-26(25)36-3)18(2)31(17)23-9-4-19(5-10-23)20-6-11-24(12-7-20)32(34)35/h4-16H,1-3H3,(H,30,33)/b29-16-. The summed E-state index contributed by atoms with van der Waals surface area (Å²) in [5.74, 6) is 0.0845. The molecule has 4 rings (SSSR count). The Bertz CT molecular complexity index is 1460. The van der Waals surface area contributed by atoms with E-state index in [0.29, 0.717) is 11.3 Å². The smallest absolute Gasteiger partial charge is 0.275 e. The Labute approximate surface area is 216 Å². The second-order valence-electron chi connectivity index (χ2n) is 8.06. The fourth-order valence-electron chi connectivity index (χ4n) is 3.97. The number of aryl methyl sites for hydroxylation is 1. The zero-order chi connectivity index (χ0) is 25.8. The van der Waals surface area contributed by atoms with Gasteiger partial charge in [-0.15, -0.1) is 0 Å². The van der Waals surface area contributed by atoms with Crippen LogP contribution in [-0.4, -0.2) is 28.7 Å². The van der Waals surface area contributed by atoms with Crippen molar-refractivity contribution in [1.29, 1.82) is 0 Å². The number of rotatable bonds is 7. The minimum atomic E-state index is -0.408. The second-order valence-corrected chi connectivity index (χ2v) is 8.97. The summed E-state index contributed by atoms with van der Waals surface area (Å²) in [5.41, 5.74) is 8.68. The number of non-ortho nitro benzene ring substituents is 1. The van der Waals surface area contributed by atoms with E-state index < -0.39 is 4.92 Å². The number of nitro benzene ring substituents is 1. The van der Waals surface area contributed by atoms with Gasteiger partial charge in [-0.3, -0.25) is 14.9 Å². The summed E-state index contributed by atoms with van der Waals surface area (Å²) in [5, 5.41) is 15.0. The second kappa shape index (κ2) is 10.6. The molecule has 1 heterocycles. The maximum atomic E-state index is 12.6. The van der Waals surface area contributed by atoms with Gasteiger partial charge in [0.15, 0.2) is 0 Å². The van der Waals surface area contributed by atoms with Crippen LogP contribution in [0.5, 0.6) is 5.75 Å². The summed E-state index contributed by atoms with van der Waals surface area (Å²) in [6, 6.07) is 21.6. The lowest BCUT2D eigenvalue weighted by Crippen LogP contribution is -2.18. The summed E-state index contributed by atoms with van der Waals surface area (Å²) in [7, 11) is 1.51. The third-order valence-corrected chi connectivity index (χ3v) is 6.28. The molecule has 1 N–H and O–H groups in total. The minimum absolute atomic E-state index is 0.0649. The largest absolute Gasteiger partial charge is 0.496 e. The molecule has 182 valence electrons. The van der Waals surface area contributed by atoms with Gasteiger partial charge in [0, 0.05) is 39.2 Å². The number of ether oxygens (including phenoxy) is 1. The normalized spacial score (nSPS) is 11.0. The van der Waals surface area contributed by atoms with E-state index in [0.717, 1.165) is 38.2 Å². The molecule has 0 saturated carbocycles. The lowest BCUT2D eigenvalue weighted by Gasteiger charge is -2.11. The topological polar surface area (TPSA) is 98.8 Å². The number of amides is 1. The molecule has 1 aromatic heterocycles. The zero-order valence-electron chi connectivity index (χ0n) is 19.9. The van der Waals surface area contributed by atoms with Gasteiger partial charge >= 0.3 is 0 Å². The highest BCUT2D eigenvalue weighted by Gasteiger charge is 2.13. The van der Waals surface area contributed by atoms with Gasteiger partial charge in [0.05, 0.1) is 23.8 Å². The molecule has 1 amide bonds. The Balaban J connectivity index is 1.51. The highest BCUT2D eigenvalue weighted by Crippen LogP contribution is 2.26. The van der Waals surface area contributed by atoms with Crippen molar-refractivity contribution in [2.75, 3.05) is 7.11 Å². The van der Waals surface area contributed by atoms with Crippen LogP contribution in [0.25, 0.3) is 16.8 Å². The lowest BCUT2D eigenvalue weighted by molar-refractivity contribution is -0.384. The van der Waals surface area contributed by atoms with Crippen molar-refractivity contribution in [3.8, 4) is 22.6 Å². The van der Waals surface area contributed by atoms with Gasteiger partial charge in [-0.1, -0.05) is 28.1 Å².